The molecule has 3 aromatic rings. The number of ether oxygens (including phenoxy) is 2. The third-order valence-corrected chi connectivity index (χ3v) is 4.30. The summed E-state index contributed by atoms with van der Waals surface area (Å²) in [7, 11) is 3.17. The quantitative estimate of drug-likeness (QED) is 0.623. The lowest BCUT2D eigenvalue weighted by atomic mass is 10.0. The van der Waals surface area contributed by atoms with Crippen molar-refractivity contribution in [1.82, 2.24) is 0 Å². The Hall–Kier alpha value is -3.60. The lowest BCUT2D eigenvalue weighted by Gasteiger charge is -2.08. The normalized spacial score (nSPS) is 10.2. The Morgan fingerprint density at radius 3 is 2.07 bits per heavy atom. The Morgan fingerprint density at radius 1 is 0.786 bits per heavy atom. The van der Waals surface area contributed by atoms with E-state index in [0.29, 0.717) is 22.6 Å². The minimum atomic E-state index is -0.250. The third-order valence-electron chi connectivity index (χ3n) is 4.30. The second-order valence-electron chi connectivity index (χ2n) is 6.21. The highest BCUT2D eigenvalue weighted by atomic mass is 16.5. The molecule has 0 fully saturated rings. The molecule has 3 aromatic carbocycles. The fourth-order valence-corrected chi connectivity index (χ4v) is 2.78. The third kappa shape index (κ3) is 4.76. The number of hydrogen-bond acceptors (Lipinski definition) is 4. The van der Waals surface area contributed by atoms with E-state index in [4.69, 9.17) is 9.47 Å². The van der Waals surface area contributed by atoms with Crippen molar-refractivity contribution in [3.63, 3.8) is 0 Å². The molecule has 5 nitrogen and oxygen atoms in total. The number of carbonyl (C=O) groups excluding carboxylic acids is 2. The summed E-state index contributed by atoms with van der Waals surface area (Å²) in [5.74, 6) is 1.11. The van der Waals surface area contributed by atoms with E-state index in [1.807, 2.05) is 24.3 Å². The summed E-state index contributed by atoms with van der Waals surface area (Å²) < 4.78 is 10.3. The lowest BCUT2D eigenvalue weighted by Crippen LogP contribution is -2.12. The zero-order chi connectivity index (χ0) is 19.9. The molecule has 1 amide bonds. The largest absolute Gasteiger partial charge is 0.497 e. The van der Waals surface area contributed by atoms with Crippen LogP contribution in [-0.2, 0) is 6.42 Å². The molecule has 0 aliphatic carbocycles. The molecule has 0 saturated carbocycles. The Labute approximate surface area is 163 Å². The molecule has 0 aliphatic rings. The van der Waals surface area contributed by atoms with Gasteiger partial charge in [-0.05, 0) is 42.0 Å². The van der Waals surface area contributed by atoms with Gasteiger partial charge in [0.05, 0.1) is 14.2 Å². The molecular weight excluding hydrogens is 354 g/mol. The van der Waals surface area contributed by atoms with E-state index >= 15 is 0 Å². The van der Waals surface area contributed by atoms with Gasteiger partial charge >= 0.3 is 0 Å². The maximum atomic E-state index is 12.5. The van der Waals surface area contributed by atoms with Crippen molar-refractivity contribution in [1.29, 1.82) is 0 Å². The van der Waals surface area contributed by atoms with Crippen molar-refractivity contribution in [2.75, 3.05) is 19.5 Å². The lowest BCUT2D eigenvalue weighted by molar-refractivity contribution is 0.0989. The highest BCUT2D eigenvalue weighted by molar-refractivity contribution is 6.05. The van der Waals surface area contributed by atoms with E-state index in [-0.39, 0.29) is 18.1 Å². The first kappa shape index (κ1) is 19.2. The van der Waals surface area contributed by atoms with Crippen molar-refractivity contribution < 1.29 is 19.1 Å². The highest BCUT2D eigenvalue weighted by Gasteiger charge is 2.11. The first-order valence-corrected chi connectivity index (χ1v) is 8.80. The average Bonchev–Trinajstić information content (AvgIpc) is 2.74. The highest BCUT2D eigenvalue weighted by Crippen LogP contribution is 2.18. The van der Waals surface area contributed by atoms with Gasteiger partial charge in [0.2, 0.25) is 0 Å². The van der Waals surface area contributed by atoms with Gasteiger partial charge in [0.25, 0.3) is 5.91 Å². The van der Waals surface area contributed by atoms with Crippen LogP contribution in [0.4, 0.5) is 5.69 Å². The van der Waals surface area contributed by atoms with Crippen LogP contribution in [-0.4, -0.2) is 25.9 Å². The Morgan fingerprint density at radius 2 is 1.39 bits per heavy atom. The standard InChI is InChI=1S/C23H21NO4/c1-27-20-7-3-5-16(13-20)14-22(25)17-9-11-18(12-10-17)23(26)24-19-6-4-8-21(15-19)28-2/h3-13,15H,14H2,1-2H3,(H,24,26). The van der Waals surface area contributed by atoms with Crippen LogP contribution in [0.3, 0.4) is 0 Å². The second kappa shape index (κ2) is 8.86. The molecule has 1 N–H and O–H groups in total. The summed E-state index contributed by atoms with van der Waals surface area (Å²) in [6.07, 6.45) is 0.270. The van der Waals surface area contributed by atoms with Gasteiger partial charge in [0.15, 0.2) is 5.78 Å². The second-order valence-corrected chi connectivity index (χ2v) is 6.21. The molecule has 0 aromatic heterocycles. The minimum absolute atomic E-state index is 0.0204. The van der Waals surface area contributed by atoms with Crippen LogP contribution < -0.4 is 14.8 Å². The number of benzene rings is 3. The number of ketones is 1. The number of methoxy groups -OCH3 is 2. The summed E-state index contributed by atoms with van der Waals surface area (Å²) in [6, 6.07) is 21.2. The van der Waals surface area contributed by atoms with E-state index in [2.05, 4.69) is 5.32 Å². The van der Waals surface area contributed by atoms with Crippen molar-refractivity contribution in [3.05, 3.63) is 89.5 Å². The maximum absolute atomic E-state index is 12.5. The van der Waals surface area contributed by atoms with Gasteiger partial charge in [0.1, 0.15) is 11.5 Å². The van der Waals surface area contributed by atoms with Gasteiger partial charge in [-0.15, -0.1) is 0 Å². The average molecular weight is 375 g/mol. The van der Waals surface area contributed by atoms with Crippen molar-refractivity contribution in [2.24, 2.45) is 0 Å². The molecule has 0 saturated heterocycles. The van der Waals surface area contributed by atoms with Crippen LogP contribution in [0.1, 0.15) is 26.3 Å². The Balaban J connectivity index is 1.66. The molecule has 0 bridgehead atoms. The first-order valence-electron chi connectivity index (χ1n) is 8.80. The van der Waals surface area contributed by atoms with E-state index in [1.165, 1.54) is 0 Å². The molecule has 3 rings (SSSR count). The van der Waals surface area contributed by atoms with Crippen LogP contribution in [0.2, 0.25) is 0 Å². The smallest absolute Gasteiger partial charge is 0.255 e. The molecule has 0 atom stereocenters. The minimum Gasteiger partial charge on any atom is -0.497 e. The van der Waals surface area contributed by atoms with E-state index in [9.17, 15) is 9.59 Å². The zero-order valence-corrected chi connectivity index (χ0v) is 15.8. The first-order chi connectivity index (χ1) is 13.6. The molecule has 0 aliphatic heterocycles. The fourth-order valence-electron chi connectivity index (χ4n) is 2.78. The summed E-state index contributed by atoms with van der Waals surface area (Å²) in [6.45, 7) is 0. The van der Waals surface area contributed by atoms with Gasteiger partial charge in [-0.1, -0.05) is 30.3 Å². The predicted octanol–water partition coefficient (Wildman–Crippen LogP) is 4.38. The molecular formula is C23H21NO4. The molecule has 0 spiro atoms. The van der Waals surface area contributed by atoms with Crippen molar-refractivity contribution in [3.8, 4) is 11.5 Å². The van der Waals surface area contributed by atoms with Crippen molar-refractivity contribution in [2.45, 2.75) is 6.42 Å². The maximum Gasteiger partial charge on any atom is 0.255 e. The fraction of sp³-hybridized carbons (Fsp3) is 0.130. The van der Waals surface area contributed by atoms with E-state index in [1.54, 1.807) is 62.8 Å². The van der Waals surface area contributed by atoms with Gasteiger partial charge in [-0.25, -0.2) is 0 Å². The molecule has 0 unspecified atom stereocenters. The van der Waals surface area contributed by atoms with Crippen LogP contribution in [0.5, 0.6) is 11.5 Å². The van der Waals surface area contributed by atoms with Crippen LogP contribution in [0.15, 0.2) is 72.8 Å². The number of rotatable bonds is 7. The number of amides is 1. The number of anilines is 1. The van der Waals surface area contributed by atoms with Gasteiger partial charge < -0.3 is 14.8 Å². The van der Waals surface area contributed by atoms with Gasteiger partial charge in [-0.2, -0.15) is 0 Å². The summed E-state index contributed by atoms with van der Waals surface area (Å²) in [5, 5.41) is 2.82. The Kier molecular flexibility index (Phi) is 6.07. The number of carbonyl (C=O) groups is 2. The monoisotopic (exact) mass is 375 g/mol. The Bertz CT molecular complexity index is 899. The number of hydrogen-bond donors (Lipinski definition) is 1. The van der Waals surface area contributed by atoms with E-state index in [0.717, 1.165) is 11.3 Å². The summed E-state index contributed by atoms with van der Waals surface area (Å²) >= 11 is 0. The van der Waals surface area contributed by atoms with Gasteiger partial charge in [0, 0.05) is 29.3 Å². The summed E-state index contributed by atoms with van der Waals surface area (Å²) in [4.78, 5) is 24.9. The molecule has 142 valence electrons. The molecule has 0 heterocycles. The number of Topliss-reactive ketones (excluding diaryl/α,β-unsaturated/α-hetero) is 1. The topological polar surface area (TPSA) is 64.6 Å². The SMILES string of the molecule is COc1cccc(CC(=O)c2ccc(C(=O)Nc3cccc(OC)c3)cc2)c1. The summed E-state index contributed by atoms with van der Waals surface area (Å²) in [5.41, 5.74) is 2.55. The van der Waals surface area contributed by atoms with Crippen molar-refractivity contribution >= 4 is 17.4 Å². The number of nitrogens with one attached hydrogen (secondary N) is 1. The zero-order valence-electron chi connectivity index (χ0n) is 15.8. The van der Waals surface area contributed by atoms with Crippen LogP contribution in [0, 0.1) is 0 Å². The predicted molar refractivity (Wildman–Crippen MR) is 108 cm³/mol. The molecule has 28 heavy (non-hydrogen) atoms. The van der Waals surface area contributed by atoms with E-state index < -0.39 is 0 Å². The van der Waals surface area contributed by atoms with Gasteiger partial charge in [-0.3, -0.25) is 9.59 Å². The van der Waals surface area contributed by atoms with Crippen LogP contribution in [0.25, 0.3) is 0 Å². The molecule has 0 radical (unpaired) electrons. The molecule has 5 heteroatoms. The van der Waals surface area contributed by atoms with Crippen LogP contribution >= 0.6 is 0 Å².